The Morgan fingerprint density at radius 2 is 2.22 bits per heavy atom. The second-order valence-electron chi connectivity index (χ2n) is 4.26. The van der Waals surface area contributed by atoms with Crippen molar-refractivity contribution in [3.8, 4) is 0 Å². The van der Waals surface area contributed by atoms with Gasteiger partial charge in [0.1, 0.15) is 0 Å². The first-order chi connectivity index (χ1) is 8.69. The number of nitrogens with zero attached hydrogens (tertiary/aromatic N) is 4. The molecule has 2 atom stereocenters. The lowest BCUT2D eigenvalue weighted by Crippen LogP contribution is -2.26. The number of thioether (sulfide) groups is 1. The molecule has 0 amide bonds. The summed E-state index contributed by atoms with van der Waals surface area (Å²) in [6.45, 7) is 6.63. The Balaban J connectivity index is 2.47. The average molecular weight is 273 g/mol. The SMILES string of the molecule is COCCNC(C)c1nnnn1CCC(C)SC. The number of hydrogen-bond acceptors (Lipinski definition) is 6. The molecule has 0 aliphatic carbocycles. The Kier molecular flexibility index (Phi) is 7.22. The van der Waals surface area contributed by atoms with Crippen LogP contribution in [0.1, 0.15) is 32.1 Å². The number of rotatable bonds is 9. The topological polar surface area (TPSA) is 64.9 Å². The fraction of sp³-hybridized carbons (Fsp3) is 0.909. The normalized spacial score (nSPS) is 14.7. The predicted molar refractivity (Wildman–Crippen MR) is 73.7 cm³/mol. The maximum atomic E-state index is 5.01. The summed E-state index contributed by atoms with van der Waals surface area (Å²) in [6.07, 6.45) is 3.20. The molecule has 0 saturated heterocycles. The quantitative estimate of drug-likeness (QED) is 0.680. The van der Waals surface area contributed by atoms with Crippen molar-refractivity contribution in [2.24, 2.45) is 0 Å². The molecular formula is C11H23N5OS. The zero-order chi connectivity index (χ0) is 13.4. The van der Waals surface area contributed by atoms with Crippen LogP contribution in [-0.2, 0) is 11.3 Å². The number of hydrogen-bond donors (Lipinski definition) is 1. The van der Waals surface area contributed by atoms with Crippen LogP contribution in [0.4, 0.5) is 0 Å². The Bertz CT molecular complexity index is 333. The highest BCUT2D eigenvalue weighted by molar-refractivity contribution is 7.99. The molecule has 0 aromatic carbocycles. The van der Waals surface area contributed by atoms with Crippen LogP contribution in [0, 0.1) is 0 Å². The van der Waals surface area contributed by atoms with Gasteiger partial charge in [-0.25, -0.2) is 4.68 Å². The lowest BCUT2D eigenvalue weighted by molar-refractivity contribution is 0.195. The van der Waals surface area contributed by atoms with Crippen molar-refractivity contribution in [2.45, 2.75) is 38.1 Å². The van der Waals surface area contributed by atoms with Crippen LogP contribution in [0.5, 0.6) is 0 Å². The van der Waals surface area contributed by atoms with Crippen LogP contribution in [0.3, 0.4) is 0 Å². The summed E-state index contributed by atoms with van der Waals surface area (Å²) in [6, 6.07) is 0.139. The summed E-state index contributed by atoms with van der Waals surface area (Å²) in [5.74, 6) is 0.888. The number of ether oxygens (including phenoxy) is 1. The van der Waals surface area contributed by atoms with Crippen LogP contribution in [0.2, 0.25) is 0 Å². The van der Waals surface area contributed by atoms with E-state index in [2.05, 4.69) is 40.9 Å². The lowest BCUT2D eigenvalue weighted by atomic mass is 10.3. The number of methoxy groups -OCH3 is 1. The molecule has 0 bridgehead atoms. The van der Waals surface area contributed by atoms with Crippen molar-refractivity contribution in [1.29, 1.82) is 0 Å². The van der Waals surface area contributed by atoms with Crippen LogP contribution < -0.4 is 5.32 Å². The molecular weight excluding hydrogens is 250 g/mol. The van der Waals surface area contributed by atoms with Gasteiger partial charge in [-0.15, -0.1) is 5.10 Å². The monoisotopic (exact) mass is 273 g/mol. The highest BCUT2D eigenvalue weighted by Crippen LogP contribution is 2.13. The number of tetrazole rings is 1. The van der Waals surface area contributed by atoms with Gasteiger partial charge in [-0.2, -0.15) is 11.8 Å². The van der Waals surface area contributed by atoms with E-state index in [1.54, 1.807) is 7.11 Å². The minimum atomic E-state index is 0.139. The van der Waals surface area contributed by atoms with E-state index in [1.807, 2.05) is 16.4 Å². The van der Waals surface area contributed by atoms with E-state index in [0.29, 0.717) is 11.9 Å². The van der Waals surface area contributed by atoms with Gasteiger partial charge in [0.25, 0.3) is 0 Å². The largest absolute Gasteiger partial charge is 0.383 e. The van der Waals surface area contributed by atoms with Crippen molar-refractivity contribution >= 4 is 11.8 Å². The molecule has 104 valence electrons. The van der Waals surface area contributed by atoms with E-state index in [0.717, 1.165) is 25.3 Å². The minimum absolute atomic E-state index is 0.139. The van der Waals surface area contributed by atoms with E-state index < -0.39 is 0 Å². The summed E-state index contributed by atoms with van der Waals surface area (Å²) >= 11 is 1.86. The molecule has 0 aliphatic heterocycles. The summed E-state index contributed by atoms with van der Waals surface area (Å²) in [4.78, 5) is 0. The molecule has 7 heteroatoms. The average Bonchev–Trinajstić information content (AvgIpc) is 2.84. The zero-order valence-corrected chi connectivity index (χ0v) is 12.4. The van der Waals surface area contributed by atoms with Gasteiger partial charge in [0, 0.05) is 25.4 Å². The van der Waals surface area contributed by atoms with Crippen molar-refractivity contribution in [3.05, 3.63) is 5.82 Å². The summed E-state index contributed by atoms with van der Waals surface area (Å²) in [7, 11) is 1.69. The van der Waals surface area contributed by atoms with Gasteiger partial charge in [-0.1, -0.05) is 6.92 Å². The molecule has 1 N–H and O–H groups in total. The lowest BCUT2D eigenvalue weighted by Gasteiger charge is -2.14. The van der Waals surface area contributed by atoms with Gasteiger partial charge in [-0.3, -0.25) is 0 Å². The zero-order valence-electron chi connectivity index (χ0n) is 11.6. The number of aromatic nitrogens is 4. The van der Waals surface area contributed by atoms with Gasteiger partial charge in [0.15, 0.2) is 5.82 Å². The van der Waals surface area contributed by atoms with Crippen LogP contribution in [-0.4, -0.2) is 52.0 Å². The van der Waals surface area contributed by atoms with Crippen molar-refractivity contribution < 1.29 is 4.74 Å². The molecule has 1 aromatic rings. The van der Waals surface area contributed by atoms with Crippen molar-refractivity contribution in [2.75, 3.05) is 26.5 Å². The molecule has 2 unspecified atom stereocenters. The molecule has 0 aliphatic rings. The fourth-order valence-corrected chi connectivity index (χ4v) is 1.91. The smallest absolute Gasteiger partial charge is 0.167 e. The Morgan fingerprint density at radius 1 is 1.44 bits per heavy atom. The fourth-order valence-electron chi connectivity index (χ4n) is 1.57. The van der Waals surface area contributed by atoms with Crippen LogP contribution in [0.25, 0.3) is 0 Å². The third-order valence-electron chi connectivity index (χ3n) is 2.85. The summed E-state index contributed by atoms with van der Waals surface area (Å²) in [5, 5.41) is 15.9. The summed E-state index contributed by atoms with van der Waals surface area (Å²) < 4.78 is 6.90. The number of nitrogens with one attached hydrogen (secondary N) is 1. The highest BCUT2D eigenvalue weighted by Gasteiger charge is 2.14. The molecule has 0 fully saturated rings. The third-order valence-corrected chi connectivity index (χ3v) is 3.89. The van der Waals surface area contributed by atoms with Gasteiger partial charge >= 0.3 is 0 Å². The first kappa shape index (κ1) is 15.4. The van der Waals surface area contributed by atoms with Gasteiger partial charge in [0.2, 0.25) is 0 Å². The second-order valence-corrected chi connectivity index (χ2v) is 5.54. The number of aryl methyl sites for hydroxylation is 1. The van der Waals surface area contributed by atoms with Gasteiger partial charge in [-0.05, 0) is 30.0 Å². The molecule has 0 saturated carbocycles. The van der Waals surface area contributed by atoms with E-state index in [-0.39, 0.29) is 6.04 Å². The maximum Gasteiger partial charge on any atom is 0.167 e. The van der Waals surface area contributed by atoms with E-state index in [1.165, 1.54) is 0 Å². The second kappa shape index (κ2) is 8.44. The molecule has 18 heavy (non-hydrogen) atoms. The van der Waals surface area contributed by atoms with E-state index in [4.69, 9.17) is 4.74 Å². The molecule has 0 radical (unpaired) electrons. The standard InChI is InChI=1S/C11H23N5OS/c1-9(18-4)5-7-16-11(13-14-15-16)10(2)12-6-8-17-3/h9-10,12H,5-8H2,1-4H3. The Labute approximate surface area is 113 Å². The van der Waals surface area contributed by atoms with Crippen LogP contribution >= 0.6 is 11.8 Å². The predicted octanol–water partition coefficient (Wildman–Crippen LogP) is 1.11. The minimum Gasteiger partial charge on any atom is -0.383 e. The highest BCUT2D eigenvalue weighted by atomic mass is 32.2. The summed E-state index contributed by atoms with van der Waals surface area (Å²) in [5.41, 5.74) is 0. The van der Waals surface area contributed by atoms with Crippen molar-refractivity contribution in [1.82, 2.24) is 25.5 Å². The van der Waals surface area contributed by atoms with Crippen molar-refractivity contribution in [3.63, 3.8) is 0 Å². The first-order valence-electron chi connectivity index (χ1n) is 6.20. The molecule has 1 heterocycles. The maximum absolute atomic E-state index is 5.01. The van der Waals surface area contributed by atoms with E-state index >= 15 is 0 Å². The molecule has 1 rings (SSSR count). The first-order valence-corrected chi connectivity index (χ1v) is 7.49. The molecule has 0 spiro atoms. The Hall–Kier alpha value is -0.660. The Morgan fingerprint density at radius 3 is 2.89 bits per heavy atom. The van der Waals surface area contributed by atoms with Crippen LogP contribution in [0.15, 0.2) is 0 Å². The third kappa shape index (κ3) is 4.91. The van der Waals surface area contributed by atoms with E-state index in [9.17, 15) is 0 Å². The van der Waals surface area contributed by atoms with Gasteiger partial charge in [0.05, 0.1) is 12.6 Å². The molecule has 6 nitrogen and oxygen atoms in total. The molecule has 1 aromatic heterocycles. The van der Waals surface area contributed by atoms with Gasteiger partial charge < -0.3 is 10.1 Å².